The molecule has 0 aliphatic heterocycles. The molecule has 0 atom stereocenters. The molecule has 0 bridgehead atoms. The second kappa shape index (κ2) is 5.37. The molecule has 0 spiro atoms. The number of hydrogen-bond donors (Lipinski definition) is 1. The number of aromatic nitrogens is 3. The lowest BCUT2D eigenvalue weighted by molar-refractivity contribution is 0.985. The van der Waals surface area contributed by atoms with Gasteiger partial charge in [0.05, 0.1) is 35.5 Å². The number of imidazole rings is 1. The lowest BCUT2D eigenvalue weighted by Gasteiger charge is -2.17. The Labute approximate surface area is 128 Å². The van der Waals surface area contributed by atoms with Gasteiger partial charge in [-0.25, -0.2) is 4.98 Å². The minimum Gasteiger partial charge on any atom is -0.376 e. The number of anilines is 2. The molecular formula is C15H19N5S. The van der Waals surface area contributed by atoms with Gasteiger partial charge in [0.15, 0.2) is 4.96 Å². The number of rotatable bonds is 4. The summed E-state index contributed by atoms with van der Waals surface area (Å²) in [5, 5.41) is 3.48. The molecule has 0 saturated heterocycles. The molecule has 21 heavy (non-hydrogen) atoms. The monoisotopic (exact) mass is 301 g/mol. The van der Waals surface area contributed by atoms with Gasteiger partial charge in [-0.1, -0.05) is 0 Å². The molecule has 6 heteroatoms. The fourth-order valence-electron chi connectivity index (χ4n) is 2.41. The third kappa shape index (κ3) is 2.58. The van der Waals surface area contributed by atoms with Crippen molar-refractivity contribution in [2.75, 3.05) is 24.3 Å². The average molecular weight is 301 g/mol. The summed E-state index contributed by atoms with van der Waals surface area (Å²) in [5.74, 6) is 0. The summed E-state index contributed by atoms with van der Waals surface area (Å²) in [5.41, 5.74) is 4.43. The van der Waals surface area contributed by atoms with Crippen LogP contribution in [0.1, 0.15) is 16.3 Å². The largest absolute Gasteiger partial charge is 0.376 e. The van der Waals surface area contributed by atoms with Crippen LogP contribution in [0.5, 0.6) is 0 Å². The molecule has 0 saturated carbocycles. The summed E-state index contributed by atoms with van der Waals surface area (Å²) in [7, 11) is 4.07. The molecule has 0 fully saturated rings. The second-order valence-electron chi connectivity index (χ2n) is 5.28. The van der Waals surface area contributed by atoms with Crippen molar-refractivity contribution in [3.8, 4) is 0 Å². The van der Waals surface area contributed by atoms with Crippen LogP contribution in [-0.4, -0.2) is 28.5 Å². The van der Waals surface area contributed by atoms with Crippen LogP contribution in [0.4, 0.5) is 11.4 Å². The SMILES string of the molecule is Cc1cn2c(CNc3cnccc3N(C)C)c(C)nc2s1. The van der Waals surface area contributed by atoms with Crippen molar-refractivity contribution in [1.29, 1.82) is 0 Å². The normalized spacial score (nSPS) is 11.0. The Kier molecular flexibility index (Phi) is 3.55. The summed E-state index contributed by atoms with van der Waals surface area (Å²) in [6.45, 7) is 4.90. The van der Waals surface area contributed by atoms with E-state index in [2.05, 4.69) is 44.6 Å². The van der Waals surface area contributed by atoms with Crippen LogP contribution in [0.2, 0.25) is 0 Å². The lowest BCUT2D eigenvalue weighted by Crippen LogP contribution is -2.13. The number of nitrogens with one attached hydrogen (secondary N) is 1. The van der Waals surface area contributed by atoms with E-state index >= 15 is 0 Å². The third-order valence-electron chi connectivity index (χ3n) is 3.47. The number of aryl methyl sites for hydroxylation is 2. The summed E-state index contributed by atoms with van der Waals surface area (Å²) in [4.78, 5) is 13.2. The Hall–Kier alpha value is -2.08. The molecule has 110 valence electrons. The number of hydrogen-bond acceptors (Lipinski definition) is 5. The highest BCUT2D eigenvalue weighted by molar-refractivity contribution is 7.17. The minimum atomic E-state index is 0.732. The van der Waals surface area contributed by atoms with E-state index in [0.29, 0.717) is 0 Å². The number of pyridine rings is 1. The van der Waals surface area contributed by atoms with Gasteiger partial charge >= 0.3 is 0 Å². The first-order valence-corrected chi connectivity index (χ1v) is 7.67. The van der Waals surface area contributed by atoms with Crippen LogP contribution in [0.3, 0.4) is 0 Å². The van der Waals surface area contributed by atoms with E-state index in [0.717, 1.165) is 28.6 Å². The Morgan fingerprint density at radius 2 is 2.14 bits per heavy atom. The van der Waals surface area contributed by atoms with Gasteiger partial charge < -0.3 is 10.2 Å². The maximum atomic E-state index is 4.62. The molecule has 3 aromatic rings. The van der Waals surface area contributed by atoms with Crippen molar-refractivity contribution >= 4 is 27.7 Å². The van der Waals surface area contributed by atoms with Gasteiger partial charge in [-0.3, -0.25) is 9.38 Å². The second-order valence-corrected chi connectivity index (χ2v) is 6.49. The predicted octanol–water partition coefficient (Wildman–Crippen LogP) is 3.09. The highest BCUT2D eigenvalue weighted by Gasteiger charge is 2.12. The van der Waals surface area contributed by atoms with Crippen molar-refractivity contribution in [1.82, 2.24) is 14.4 Å². The van der Waals surface area contributed by atoms with E-state index in [-0.39, 0.29) is 0 Å². The first-order valence-electron chi connectivity index (χ1n) is 6.85. The van der Waals surface area contributed by atoms with Crippen LogP contribution >= 0.6 is 11.3 Å². The van der Waals surface area contributed by atoms with Crippen LogP contribution in [0.15, 0.2) is 24.7 Å². The quantitative estimate of drug-likeness (QED) is 0.804. The molecule has 0 aliphatic rings. The van der Waals surface area contributed by atoms with Gasteiger partial charge in [0.25, 0.3) is 0 Å². The molecule has 5 nitrogen and oxygen atoms in total. The number of nitrogens with zero attached hydrogens (tertiary/aromatic N) is 4. The molecule has 0 amide bonds. The molecule has 0 radical (unpaired) electrons. The van der Waals surface area contributed by atoms with Crippen molar-refractivity contribution < 1.29 is 0 Å². The summed E-state index contributed by atoms with van der Waals surface area (Å²) in [6, 6.07) is 2.01. The Balaban J connectivity index is 1.88. The molecule has 1 N–H and O–H groups in total. The van der Waals surface area contributed by atoms with Gasteiger partial charge in [-0.05, 0) is 19.9 Å². The molecule has 3 heterocycles. The molecule has 3 aromatic heterocycles. The Morgan fingerprint density at radius 3 is 2.90 bits per heavy atom. The van der Waals surface area contributed by atoms with Gasteiger partial charge in [0.2, 0.25) is 0 Å². The number of thiazole rings is 1. The average Bonchev–Trinajstić information content (AvgIpc) is 2.92. The van der Waals surface area contributed by atoms with E-state index in [1.54, 1.807) is 11.3 Å². The molecule has 3 rings (SSSR count). The van der Waals surface area contributed by atoms with E-state index in [4.69, 9.17) is 0 Å². The highest BCUT2D eigenvalue weighted by atomic mass is 32.1. The topological polar surface area (TPSA) is 45.5 Å². The van der Waals surface area contributed by atoms with E-state index < -0.39 is 0 Å². The molecule has 0 aromatic carbocycles. The minimum absolute atomic E-state index is 0.732. The fourth-order valence-corrected chi connectivity index (χ4v) is 3.30. The fraction of sp³-hybridized carbons (Fsp3) is 0.333. The molecular weight excluding hydrogens is 282 g/mol. The smallest absolute Gasteiger partial charge is 0.194 e. The van der Waals surface area contributed by atoms with E-state index in [1.165, 1.54) is 10.6 Å². The molecule has 0 aliphatic carbocycles. The van der Waals surface area contributed by atoms with Gasteiger partial charge in [-0.15, -0.1) is 11.3 Å². The summed E-state index contributed by atoms with van der Waals surface area (Å²) >= 11 is 1.72. The Bertz CT molecular complexity index is 772. The Morgan fingerprint density at radius 1 is 1.33 bits per heavy atom. The summed E-state index contributed by atoms with van der Waals surface area (Å²) < 4.78 is 2.17. The van der Waals surface area contributed by atoms with Crippen LogP contribution in [-0.2, 0) is 6.54 Å². The van der Waals surface area contributed by atoms with Crippen molar-refractivity contribution in [3.63, 3.8) is 0 Å². The first-order chi connectivity index (χ1) is 10.1. The number of fused-ring (bicyclic) bond motifs is 1. The van der Waals surface area contributed by atoms with Crippen LogP contribution in [0.25, 0.3) is 4.96 Å². The first kappa shape index (κ1) is 13.9. The highest BCUT2D eigenvalue weighted by Crippen LogP contribution is 2.25. The van der Waals surface area contributed by atoms with Crippen molar-refractivity contribution in [3.05, 3.63) is 40.9 Å². The van der Waals surface area contributed by atoms with Gasteiger partial charge in [-0.2, -0.15) is 0 Å². The summed E-state index contributed by atoms with van der Waals surface area (Å²) in [6.07, 6.45) is 5.82. The van der Waals surface area contributed by atoms with Crippen molar-refractivity contribution in [2.24, 2.45) is 0 Å². The predicted molar refractivity (Wildman–Crippen MR) is 88.4 cm³/mol. The maximum absolute atomic E-state index is 4.62. The zero-order chi connectivity index (χ0) is 15.0. The third-order valence-corrected chi connectivity index (χ3v) is 4.37. The van der Waals surface area contributed by atoms with Crippen molar-refractivity contribution in [2.45, 2.75) is 20.4 Å². The molecule has 0 unspecified atom stereocenters. The van der Waals surface area contributed by atoms with Crippen LogP contribution in [0, 0.1) is 13.8 Å². The zero-order valence-electron chi connectivity index (χ0n) is 12.7. The maximum Gasteiger partial charge on any atom is 0.194 e. The van der Waals surface area contributed by atoms with Crippen LogP contribution < -0.4 is 10.2 Å². The van der Waals surface area contributed by atoms with Gasteiger partial charge in [0.1, 0.15) is 0 Å². The van der Waals surface area contributed by atoms with Gasteiger partial charge in [0, 0.05) is 31.4 Å². The standard InChI is InChI=1S/C15H19N5S/c1-10-9-20-14(11(2)18-15(20)21-10)8-17-12-7-16-6-5-13(12)19(3)4/h5-7,9,17H,8H2,1-4H3. The van der Waals surface area contributed by atoms with E-state index in [1.807, 2.05) is 32.6 Å². The van der Waals surface area contributed by atoms with E-state index in [9.17, 15) is 0 Å². The lowest BCUT2D eigenvalue weighted by atomic mass is 10.3. The zero-order valence-corrected chi connectivity index (χ0v) is 13.5.